The van der Waals surface area contributed by atoms with Gasteiger partial charge in [0.05, 0.1) is 5.69 Å². The van der Waals surface area contributed by atoms with Crippen molar-refractivity contribution in [2.75, 3.05) is 10.6 Å². The minimum absolute atomic E-state index is 0.137. The summed E-state index contributed by atoms with van der Waals surface area (Å²) in [6, 6.07) is 19.6. The molecule has 0 atom stereocenters. The first-order chi connectivity index (χ1) is 13.0. The predicted molar refractivity (Wildman–Crippen MR) is 117 cm³/mol. The summed E-state index contributed by atoms with van der Waals surface area (Å²) in [6.07, 6.45) is 0. The Morgan fingerprint density at radius 3 is 2.33 bits per heavy atom. The Bertz CT molecular complexity index is 1010. The van der Waals surface area contributed by atoms with Crippen LogP contribution in [-0.2, 0) is 0 Å². The summed E-state index contributed by atoms with van der Waals surface area (Å²) < 4.78 is 0. The molecule has 3 aromatic carbocycles. The van der Waals surface area contributed by atoms with Gasteiger partial charge in [-0.05, 0) is 55.0 Å². The molecule has 0 unspecified atom stereocenters. The zero-order valence-electron chi connectivity index (χ0n) is 14.4. The van der Waals surface area contributed by atoms with Crippen molar-refractivity contribution in [3.63, 3.8) is 0 Å². The number of carbonyl (C=O) groups is 1. The number of rotatable bonds is 4. The number of hydrogen-bond donors (Lipinski definition) is 2. The van der Waals surface area contributed by atoms with E-state index in [4.69, 9.17) is 35.4 Å². The van der Waals surface area contributed by atoms with Gasteiger partial charge in [-0.2, -0.15) is 0 Å². The van der Waals surface area contributed by atoms with Gasteiger partial charge >= 0.3 is 0 Å². The van der Waals surface area contributed by atoms with Crippen molar-refractivity contribution in [2.45, 2.75) is 6.92 Å². The summed E-state index contributed by atoms with van der Waals surface area (Å²) in [6.45, 7) is 1.90. The van der Waals surface area contributed by atoms with E-state index in [1.54, 1.807) is 30.3 Å². The Morgan fingerprint density at radius 2 is 1.59 bits per heavy atom. The first-order valence-corrected chi connectivity index (χ1v) is 9.34. The number of anilines is 2. The lowest BCUT2D eigenvalue weighted by Crippen LogP contribution is -2.21. The Hall–Kier alpha value is -2.40. The van der Waals surface area contributed by atoms with Crippen LogP contribution in [0.4, 0.5) is 11.4 Å². The van der Waals surface area contributed by atoms with Gasteiger partial charge in [0, 0.05) is 26.9 Å². The van der Waals surface area contributed by atoms with Crippen LogP contribution >= 0.6 is 35.4 Å². The van der Waals surface area contributed by atoms with Gasteiger partial charge in [0.15, 0.2) is 10.9 Å². The topological polar surface area (TPSA) is 41.1 Å². The molecule has 0 bridgehead atoms. The molecule has 0 aromatic heterocycles. The molecular formula is C21H16Cl2N2OS. The molecule has 27 heavy (non-hydrogen) atoms. The summed E-state index contributed by atoms with van der Waals surface area (Å²) >= 11 is 17.7. The zero-order chi connectivity index (χ0) is 19.4. The van der Waals surface area contributed by atoms with Crippen LogP contribution in [0.5, 0.6) is 0 Å². The number of carbonyl (C=O) groups excluding carboxylic acids is 1. The molecule has 0 aliphatic rings. The smallest absolute Gasteiger partial charge is 0.195 e. The highest BCUT2D eigenvalue weighted by Gasteiger charge is 2.15. The van der Waals surface area contributed by atoms with Crippen molar-refractivity contribution in [1.82, 2.24) is 0 Å². The fraction of sp³-hybridized carbons (Fsp3) is 0.0476. The molecule has 0 heterocycles. The Labute approximate surface area is 173 Å². The van der Waals surface area contributed by atoms with Gasteiger partial charge in [0.25, 0.3) is 0 Å². The number of nitrogens with one attached hydrogen (secondary N) is 2. The van der Waals surface area contributed by atoms with Crippen LogP contribution in [0.3, 0.4) is 0 Å². The molecular weight excluding hydrogens is 399 g/mol. The lowest BCUT2D eigenvalue weighted by atomic mass is 10.0. The summed E-state index contributed by atoms with van der Waals surface area (Å²) in [5, 5.41) is 7.67. The third-order valence-electron chi connectivity index (χ3n) is 4.03. The van der Waals surface area contributed by atoms with Crippen LogP contribution in [0, 0.1) is 6.92 Å². The van der Waals surface area contributed by atoms with Crippen LogP contribution in [0.1, 0.15) is 21.5 Å². The molecule has 3 rings (SSSR count). The van der Waals surface area contributed by atoms with E-state index in [1.165, 1.54) is 0 Å². The SMILES string of the molecule is Cc1c(Cl)cccc1NC(=S)Nc1ccc(Cl)cc1C(=O)c1ccccc1. The largest absolute Gasteiger partial charge is 0.332 e. The molecule has 136 valence electrons. The van der Waals surface area contributed by atoms with Crippen LogP contribution in [0.2, 0.25) is 10.0 Å². The third kappa shape index (κ3) is 4.66. The molecule has 0 amide bonds. The first kappa shape index (κ1) is 19.4. The van der Waals surface area contributed by atoms with Gasteiger partial charge in [-0.15, -0.1) is 0 Å². The van der Waals surface area contributed by atoms with Gasteiger partial charge in [-0.1, -0.05) is 59.6 Å². The first-order valence-electron chi connectivity index (χ1n) is 8.18. The summed E-state index contributed by atoms with van der Waals surface area (Å²) in [7, 11) is 0. The molecule has 0 radical (unpaired) electrons. The fourth-order valence-corrected chi connectivity index (χ4v) is 3.14. The average molecular weight is 415 g/mol. The summed E-state index contributed by atoms with van der Waals surface area (Å²) in [5.41, 5.74) is 3.28. The van der Waals surface area contributed by atoms with Crippen molar-refractivity contribution < 1.29 is 4.79 Å². The van der Waals surface area contributed by atoms with Gasteiger partial charge in [-0.25, -0.2) is 0 Å². The van der Waals surface area contributed by atoms with Gasteiger partial charge in [-0.3, -0.25) is 4.79 Å². The predicted octanol–water partition coefficient (Wildman–Crippen LogP) is 6.34. The maximum atomic E-state index is 12.9. The van der Waals surface area contributed by atoms with Crippen LogP contribution < -0.4 is 10.6 Å². The van der Waals surface area contributed by atoms with E-state index in [9.17, 15) is 4.79 Å². The van der Waals surface area contributed by atoms with E-state index in [0.29, 0.717) is 32.0 Å². The molecule has 0 fully saturated rings. The molecule has 0 saturated heterocycles. The van der Waals surface area contributed by atoms with Gasteiger partial charge in [0.2, 0.25) is 0 Å². The Kier molecular flexibility index (Phi) is 6.11. The minimum Gasteiger partial charge on any atom is -0.332 e. The van der Waals surface area contributed by atoms with Crippen LogP contribution in [-0.4, -0.2) is 10.9 Å². The van der Waals surface area contributed by atoms with E-state index < -0.39 is 0 Å². The van der Waals surface area contributed by atoms with Crippen molar-refractivity contribution in [3.8, 4) is 0 Å². The van der Waals surface area contributed by atoms with Crippen molar-refractivity contribution >= 4 is 57.7 Å². The van der Waals surface area contributed by atoms with E-state index in [-0.39, 0.29) is 5.78 Å². The molecule has 0 aliphatic carbocycles. The lowest BCUT2D eigenvalue weighted by molar-refractivity contribution is 0.103. The second-order valence-corrected chi connectivity index (χ2v) is 7.13. The normalized spacial score (nSPS) is 10.3. The Morgan fingerprint density at radius 1 is 0.889 bits per heavy atom. The zero-order valence-corrected chi connectivity index (χ0v) is 16.8. The second kappa shape index (κ2) is 8.53. The number of hydrogen-bond acceptors (Lipinski definition) is 2. The highest BCUT2D eigenvalue weighted by Crippen LogP contribution is 2.26. The second-order valence-electron chi connectivity index (χ2n) is 5.88. The highest BCUT2D eigenvalue weighted by molar-refractivity contribution is 7.80. The number of thiocarbonyl (C=S) groups is 1. The fourth-order valence-electron chi connectivity index (χ4n) is 2.58. The standard InChI is InChI=1S/C21H16Cl2N2OS/c1-13-17(23)8-5-9-18(13)24-21(27)25-19-11-10-15(22)12-16(19)20(26)14-6-3-2-4-7-14/h2-12H,1H3,(H2,24,25,27). The van der Waals surface area contributed by atoms with E-state index >= 15 is 0 Å². The molecule has 0 spiro atoms. The number of benzene rings is 3. The van der Waals surface area contributed by atoms with Gasteiger partial charge < -0.3 is 10.6 Å². The van der Waals surface area contributed by atoms with Crippen molar-refractivity contribution in [3.05, 3.63) is 93.5 Å². The molecule has 0 aliphatic heterocycles. The lowest BCUT2D eigenvalue weighted by Gasteiger charge is -2.15. The summed E-state index contributed by atoms with van der Waals surface area (Å²) in [4.78, 5) is 12.9. The van der Waals surface area contributed by atoms with E-state index in [2.05, 4.69) is 10.6 Å². The number of halogens is 2. The van der Waals surface area contributed by atoms with Crippen molar-refractivity contribution in [1.29, 1.82) is 0 Å². The van der Waals surface area contributed by atoms with E-state index in [0.717, 1.165) is 11.3 Å². The monoisotopic (exact) mass is 414 g/mol. The maximum absolute atomic E-state index is 12.9. The third-order valence-corrected chi connectivity index (χ3v) is 4.87. The average Bonchev–Trinajstić information content (AvgIpc) is 2.67. The van der Waals surface area contributed by atoms with Crippen molar-refractivity contribution in [2.24, 2.45) is 0 Å². The molecule has 3 aromatic rings. The molecule has 3 nitrogen and oxygen atoms in total. The Balaban J connectivity index is 1.86. The highest BCUT2D eigenvalue weighted by atomic mass is 35.5. The van der Waals surface area contributed by atoms with Crippen LogP contribution in [0.15, 0.2) is 66.7 Å². The maximum Gasteiger partial charge on any atom is 0.195 e. The van der Waals surface area contributed by atoms with E-state index in [1.807, 2.05) is 43.3 Å². The summed E-state index contributed by atoms with van der Waals surface area (Å²) in [5.74, 6) is -0.137. The molecule has 6 heteroatoms. The molecule has 0 saturated carbocycles. The van der Waals surface area contributed by atoms with Gasteiger partial charge in [0.1, 0.15) is 0 Å². The quantitative estimate of drug-likeness (QED) is 0.385. The van der Waals surface area contributed by atoms with Crippen LogP contribution in [0.25, 0.3) is 0 Å². The number of ketones is 1. The minimum atomic E-state index is -0.137. The molecule has 2 N–H and O–H groups in total.